The molecule has 2 N–H and O–H groups in total. The van der Waals surface area contributed by atoms with E-state index in [-0.39, 0.29) is 36.0 Å². The zero-order chi connectivity index (χ0) is 22.7. The van der Waals surface area contributed by atoms with Crippen molar-refractivity contribution < 1.29 is 23.9 Å². The third kappa shape index (κ3) is 5.41. The number of nitrogens with zero attached hydrogens (tertiary/aromatic N) is 1. The van der Waals surface area contributed by atoms with Gasteiger partial charge in [0.15, 0.2) is 0 Å². The van der Waals surface area contributed by atoms with E-state index in [1.54, 1.807) is 30.1 Å². The Labute approximate surface area is 189 Å². The molecule has 1 saturated heterocycles. The molecule has 4 rings (SSSR count). The Morgan fingerprint density at radius 3 is 2.72 bits per heavy atom. The largest absolute Gasteiger partial charge is 0.490 e. The van der Waals surface area contributed by atoms with Crippen LogP contribution >= 0.6 is 0 Å². The molecule has 8 heteroatoms. The average Bonchev–Trinajstić information content (AvgIpc) is 3.60. The molecule has 3 amide bonds. The Bertz CT molecular complexity index is 869. The van der Waals surface area contributed by atoms with E-state index in [2.05, 4.69) is 10.6 Å². The fourth-order valence-electron chi connectivity index (χ4n) is 4.41. The molecule has 3 atom stereocenters. The van der Waals surface area contributed by atoms with Gasteiger partial charge < -0.3 is 25.0 Å². The molecule has 1 saturated carbocycles. The molecule has 2 heterocycles. The number of fused-ring (bicyclic) bond motifs is 2. The van der Waals surface area contributed by atoms with Crippen LogP contribution in [0.3, 0.4) is 0 Å². The number of benzene rings is 1. The van der Waals surface area contributed by atoms with Crippen LogP contribution in [0.4, 0.5) is 5.69 Å². The Hall–Kier alpha value is -2.61. The summed E-state index contributed by atoms with van der Waals surface area (Å²) < 4.78 is 12.2. The number of carbonyl (C=O) groups is 3. The van der Waals surface area contributed by atoms with E-state index in [0.29, 0.717) is 42.4 Å². The van der Waals surface area contributed by atoms with Crippen molar-refractivity contribution in [3.63, 3.8) is 0 Å². The number of ether oxygens (including phenoxy) is 2. The van der Waals surface area contributed by atoms with Gasteiger partial charge in [-0.2, -0.15) is 0 Å². The van der Waals surface area contributed by atoms with Gasteiger partial charge >= 0.3 is 0 Å². The van der Waals surface area contributed by atoms with Crippen LogP contribution in [0.25, 0.3) is 0 Å². The zero-order valence-corrected chi connectivity index (χ0v) is 18.9. The number of hydrogen-bond donors (Lipinski definition) is 2. The van der Waals surface area contributed by atoms with Crippen molar-refractivity contribution in [3.05, 3.63) is 23.8 Å². The molecule has 0 unspecified atom stereocenters. The normalized spacial score (nSPS) is 25.0. The quantitative estimate of drug-likeness (QED) is 0.675. The minimum atomic E-state index is -0.295. The standard InChI is InChI=1S/C24H33N3O5/c1-3-4-22(28)26-16-7-10-20-18(11-16)24(30)27(2)19-9-8-17(32-21(19)14-31-20)12-23(29)25-13-15-5-6-15/h7,10-11,15,17,19,21H,3-6,8-9,12-14H2,1-2H3,(H,25,29)(H,26,28)/t17-,19-,21+/m1/s1. The number of carbonyl (C=O) groups excluding carboxylic acids is 3. The fourth-order valence-corrected chi connectivity index (χ4v) is 4.41. The van der Waals surface area contributed by atoms with Crippen molar-refractivity contribution in [2.75, 3.05) is 25.5 Å². The van der Waals surface area contributed by atoms with Crippen molar-refractivity contribution in [1.29, 1.82) is 0 Å². The highest BCUT2D eigenvalue weighted by atomic mass is 16.5. The highest BCUT2D eigenvalue weighted by Crippen LogP contribution is 2.33. The van der Waals surface area contributed by atoms with Gasteiger partial charge in [-0.05, 0) is 56.2 Å². The maximum absolute atomic E-state index is 13.2. The van der Waals surface area contributed by atoms with Gasteiger partial charge in [0.05, 0.1) is 24.1 Å². The maximum atomic E-state index is 13.2. The van der Waals surface area contributed by atoms with Crippen molar-refractivity contribution in [1.82, 2.24) is 10.2 Å². The lowest BCUT2D eigenvalue weighted by Crippen LogP contribution is -2.54. The fraction of sp³-hybridized carbons (Fsp3) is 0.625. The number of hydrogen-bond acceptors (Lipinski definition) is 5. The summed E-state index contributed by atoms with van der Waals surface area (Å²) in [5, 5.41) is 5.84. The Balaban J connectivity index is 1.41. The Morgan fingerprint density at radius 2 is 1.97 bits per heavy atom. The highest BCUT2D eigenvalue weighted by Gasteiger charge is 2.39. The molecule has 0 spiro atoms. The number of likely N-dealkylation sites (N-methyl/N-ethyl adjacent to an activating group) is 1. The monoisotopic (exact) mass is 443 g/mol. The summed E-state index contributed by atoms with van der Waals surface area (Å²) in [5.74, 6) is 0.912. The lowest BCUT2D eigenvalue weighted by atomic mass is 9.94. The smallest absolute Gasteiger partial charge is 0.257 e. The Morgan fingerprint density at radius 1 is 1.16 bits per heavy atom. The van der Waals surface area contributed by atoms with Crippen molar-refractivity contribution in [3.8, 4) is 5.75 Å². The van der Waals surface area contributed by atoms with E-state index in [0.717, 1.165) is 25.8 Å². The topological polar surface area (TPSA) is 97.0 Å². The second-order valence-corrected chi connectivity index (χ2v) is 9.13. The first-order valence-electron chi connectivity index (χ1n) is 11.7. The lowest BCUT2D eigenvalue weighted by Gasteiger charge is -2.42. The van der Waals surface area contributed by atoms with Crippen molar-refractivity contribution in [2.45, 2.75) is 70.1 Å². The molecule has 0 radical (unpaired) electrons. The molecule has 32 heavy (non-hydrogen) atoms. The SMILES string of the molecule is CCCC(=O)Nc1ccc2c(c1)C(=O)N(C)[C@@H]1CC[C@H](CC(=O)NCC3CC3)O[C@H]1CO2. The van der Waals surface area contributed by atoms with E-state index in [1.807, 2.05) is 6.92 Å². The summed E-state index contributed by atoms with van der Waals surface area (Å²) in [6.45, 7) is 3.01. The zero-order valence-electron chi connectivity index (χ0n) is 18.9. The third-order valence-electron chi connectivity index (χ3n) is 6.47. The van der Waals surface area contributed by atoms with E-state index in [9.17, 15) is 14.4 Å². The molecular formula is C24H33N3O5. The van der Waals surface area contributed by atoms with Crippen LogP contribution in [-0.4, -0.2) is 61.1 Å². The number of anilines is 1. The molecule has 2 aliphatic heterocycles. The van der Waals surface area contributed by atoms with Crippen molar-refractivity contribution >= 4 is 23.4 Å². The van der Waals surface area contributed by atoms with Crippen molar-refractivity contribution in [2.24, 2.45) is 5.92 Å². The van der Waals surface area contributed by atoms with Crippen LogP contribution in [0.15, 0.2) is 18.2 Å². The molecule has 8 nitrogen and oxygen atoms in total. The highest BCUT2D eigenvalue weighted by molar-refractivity contribution is 5.99. The summed E-state index contributed by atoms with van der Waals surface area (Å²) >= 11 is 0. The molecule has 174 valence electrons. The van der Waals surface area contributed by atoms with Gasteiger partial charge in [-0.1, -0.05) is 6.92 Å². The third-order valence-corrected chi connectivity index (χ3v) is 6.47. The second kappa shape index (κ2) is 9.90. The van der Waals surface area contributed by atoms with Gasteiger partial charge in [0.2, 0.25) is 11.8 Å². The predicted octanol–water partition coefficient (Wildman–Crippen LogP) is 2.72. The first-order valence-corrected chi connectivity index (χ1v) is 11.7. The van der Waals surface area contributed by atoms with Gasteiger partial charge in [0.1, 0.15) is 18.5 Å². The number of nitrogens with one attached hydrogen (secondary N) is 2. The van der Waals surface area contributed by atoms with Gasteiger partial charge in [0, 0.05) is 25.7 Å². The first kappa shape index (κ1) is 22.6. The van der Waals surface area contributed by atoms with Crippen LogP contribution in [0, 0.1) is 5.92 Å². The summed E-state index contributed by atoms with van der Waals surface area (Å²) in [5.41, 5.74) is 1.02. The molecule has 0 aromatic heterocycles. The van der Waals surface area contributed by atoms with E-state index in [1.165, 1.54) is 12.8 Å². The van der Waals surface area contributed by atoms with E-state index in [4.69, 9.17) is 9.47 Å². The molecule has 0 bridgehead atoms. The van der Waals surface area contributed by atoms with Gasteiger partial charge in [-0.25, -0.2) is 0 Å². The maximum Gasteiger partial charge on any atom is 0.257 e. The van der Waals surface area contributed by atoms with Crippen LogP contribution in [0.5, 0.6) is 5.75 Å². The summed E-state index contributed by atoms with van der Waals surface area (Å²) in [4.78, 5) is 39.1. The molecule has 1 aromatic carbocycles. The van der Waals surface area contributed by atoms with Crippen LogP contribution in [0.2, 0.25) is 0 Å². The minimum Gasteiger partial charge on any atom is -0.490 e. The average molecular weight is 444 g/mol. The summed E-state index contributed by atoms with van der Waals surface area (Å²) in [6, 6.07) is 5.01. The first-order chi connectivity index (χ1) is 15.4. The minimum absolute atomic E-state index is 0.0274. The molecular weight excluding hydrogens is 410 g/mol. The van der Waals surface area contributed by atoms with Crippen LogP contribution in [0.1, 0.15) is 62.2 Å². The predicted molar refractivity (Wildman–Crippen MR) is 120 cm³/mol. The lowest BCUT2D eigenvalue weighted by molar-refractivity contribution is -0.134. The second-order valence-electron chi connectivity index (χ2n) is 9.13. The molecule has 3 aliphatic rings. The van der Waals surface area contributed by atoms with Gasteiger partial charge in [-0.3, -0.25) is 14.4 Å². The van der Waals surface area contributed by atoms with E-state index < -0.39 is 0 Å². The van der Waals surface area contributed by atoms with Crippen LogP contribution < -0.4 is 15.4 Å². The van der Waals surface area contributed by atoms with Crippen LogP contribution in [-0.2, 0) is 14.3 Å². The number of amides is 3. The van der Waals surface area contributed by atoms with E-state index >= 15 is 0 Å². The van der Waals surface area contributed by atoms with Gasteiger partial charge in [-0.15, -0.1) is 0 Å². The molecule has 2 fully saturated rings. The number of rotatable bonds is 7. The summed E-state index contributed by atoms with van der Waals surface area (Å²) in [6.07, 6.45) is 4.94. The summed E-state index contributed by atoms with van der Waals surface area (Å²) in [7, 11) is 1.78. The molecule has 1 aromatic rings. The Kier molecular flexibility index (Phi) is 6.98. The molecule has 1 aliphatic carbocycles. The van der Waals surface area contributed by atoms with Gasteiger partial charge in [0.25, 0.3) is 5.91 Å².